The van der Waals surface area contributed by atoms with Gasteiger partial charge in [0.15, 0.2) is 21.3 Å². The molecule has 0 unspecified atom stereocenters. The number of amides is 1. The van der Waals surface area contributed by atoms with E-state index in [0.29, 0.717) is 0 Å². The van der Waals surface area contributed by atoms with E-state index < -0.39 is 47.7 Å². The van der Waals surface area contributed by atoms with Crippen LogP contribution in [-0.2, 0) is 42.9 Å². The van der Waals surface area contributed by atoms with Gasteiger partial charge in [-0.3, -0.25) is 9.48 Å². The summed E-state index contributed by atoms with van der Waals surface area (Å²) in [6.45, 7) is 2.52. The number of carbonyl (C=O) groups excluding carboxylic acids is 1. The van der Waals surface area contributed by atoms with Gasteiger partial charge in [0.2, 0.25) is 15.0 Å². The van der Waals surface area contributed by atoms with Crippen molar-refractivity contribution in [2.24, 2.45) is 7.05 Å². The predicted octanol–water partition coefficient (Wildman–Crippen LogP) is -1.30. The zero-order chi connectivity index (χ0) is 23.6. The molecule has 4 heterocycles. The number of rotatable bonds is 6. The van der Waals surface area contributed by atoms with Crippen LogP contribution in [0.5, 0.6) is 0 Å². The third-order valence-corrected chi connectivity index (χ3v) is 10.1. The van der Waals surface area contributed by atoms with Crippen molar-refractivity contribution in [2.75, 3.05) is 5.75 Å². The number of nitrogens with zero attached hydrogens (tertiary/aromatic N) is 6. The van der Waals surface area contributed by atoms with Crippen molar-refractivity contribution in [2.45, 2.75) is 41.7 Å². The summed E-state index contributed by atoms with van der Waals surface area (Å²) in [7, 11) is -6.10. The highest BCUT2D eigenvalue weighted by Gasteiger charge is 2.70. The van der Waals surface area contributed by atoms with E-state index >= 15 is 0 Å². The lowest BCUT2D eigenvalue weighted by molar-refractivity contribution is -0.152. The average molecular weight is 485 g/mol. The van der Waals surface area contributed by atoms with Crippen LogP contribution in [0, 0.1) is 0 Å². The van der Waals surface area contributed by atoms with Gasteiger partial charge < -0.3 is 14.6 Å². The Morgan fingerprint density at radius 1 is 1.34 bits per heavy atom. The van der Waals surface area contributed by atoms with Crippen LogP contribution in [0.3, 0.4) is 0 Å². The number of β-lactam (4-membered cyclic amide) rings is 1. The van der Waals surface area contributed by atoms with Crippen LogP contribution in [0.2, 0.25) is 0 Å². The summed E-state index contributed by atoms with van der Waals surface area (Å²) in [5.74, 6) is -2.40. The summed E-state index contributed by atoms with van der Waals surface area (Å²) >= 11 is 0. The quantitative estimate of drug-likeness (QED) is 0.383. The number of aromatic nitrogens is 5. The van der Waals surface area contributed by atoms with Crippen molar-refractivity contribution in [3.8, 4) is 0 Å². The SMILES string of the molecule is Cn1ccnc1S(=O)(=O)CCn1cc(/C=C2\C(=O)N3[C@@H](C(=O)O)C(C)(C)S(=O)(=O)[C@H]23)nn1. The smallest absolute Gasteiger partial charge is 0.328 e. The Kier molecular flexibility index (Phi) is 4.82. The second-order valence-corrected chi connectivity index (χ2v) is 12.7. The Bertz CT molecular complexity index is 1370. The van der Waals surface area contributed by atoms with Crippen molar-refractivity contribution in [1.29, 1.82) is 0 Å². The number of hydrogen-bond donors (Lipinski definition) is 1. The van der Waals surface area contributed by atoms with E-state index in [1.165, 1.54) is 47.8 Å². The number of hydrogen-bond acceptors (Lipinski definition) is 9. The predicted molar refractivity (Wildman–Crippen MR) is 108 cm³/mol. The maximum Gasteiger partial charge on any atom is 0.328 e. The first-order valence-corrected chi connectivity index (χ1v) is 12.6. The molecule has 0 bridgehead atoms. The Labute approximate surface area is 183 Å². The number of aliphatic carboxylic acids is 1. The van der Waals surface area contributed by atoms with Gasteiger partial charge in [-0.1, -0.05) is 5.21 Å². The maximum absolute atomic E-state index is 12.9. The van der Waals surface area contributed by atoms with E-state index in [-0.39, 0.29) is 28.7 Å². The van der Waals surface area contributed by atoms with Gasteiger partial charge in [0, 0.05) is 19.4 Å². The zero-order valence-corrected chi connectivity index (χ0v) is 18.9. The molecule has 2 aromatic heterocycles. The minimum atomic E-state index is -4.00. The number of fused-ring (bicyclic) bond motifs is 1. The molecule has 15 heteroatoms. The summed E-state index contributed by atoms with van der Waals surface area (Å²) in [5, 5.41) is 15.7. The molecule has 13 nitrogen and oxygen atoms in total. The van der Waals surface area contributed by atoms with Crippen molar-refractivity contribution in [3.05, 3.63) is 29.9 Å². The van der Waals surface area contributed by atoms with E-state index in [9.17, 15) is 31.5 Å². The van der Waals surface area contributed by atoms with Gasteiger partial charge in [0.05, 0.1) is 24.1 Å². The fraction of sp³-hybridized carbons (Fsp3) is 0.471. The monoisotopic (exact) mass is 484 g/mol. The molecular formula is C17H20N6O7S2. The number of carbonyl (C=O) groups is 2. The van der Waals surface area contributed by atoms with Crippen LogP contribution in [0.25, 0.3) is 6.08 Å². The lowest BCUT2D eigenvalue weighted by Gasteiger charge is -2.37. The summed E-state index contributed by atoms with van der Waals surface area (Å²) in [4.78, 5) is 28.8. The van der Waals surface area contributed by atoms with Crippen LogP contribution in [0.15, 0.2) is 29.3 Å². The Morgan fingerprint density at radius 3 is 2.62 bits per heavy atom. The molecule has 4 rings (SSSR count). The van der Waals surface area contributed by atoms with Crippen molar-refractivity contribution < 1.29 is 31.5 Å². The molecular weight excluding hydrogens is 464 g/mol. The molecule has 2 saturated heterocycles. The molecule has 172 valence electrons. The van der Waals surface area contributed by atoms with Crippen LogP contribution in [-0.4, -0.2) is 85.2 Å². The number of imidazole rings is 1. The highest BCUT2D eigenvalue weighted by Crippen LogP contribution is 2.48. The number of sulfone groups is 2. The molecule has 2 fully saturated rings. The molecule has 32 heavy (non-hydrogen) atoms. The maximum atomic E-state index is 12.9. The highest BCUT2D eigenvalue weighted by atomic mass is 32.2. The molecule has 0 aliphatic carbocycles. The fourth-order valence-electron chi connectivity index (χ4n) is 3.95. The minimum Gasteiger partial charge on any atom is -0.480 e. The van der Waals surface area contributed by atoms with Crippen LogP contribution in [0.4, 0.5) is 0 Å². The van der Waals surface area contributed by atoms with Gasteiger partial charge in [-0.15, -0.1) is 5.10 Å². The third-order valence-electron chi connectivity index (χ3n) is 5.70. The normalized spacial score (nSPS) is 25.0. The molecule has 2 aliphatic heterocycles. The van der Waals surface area contributed by atoms with E-state index in [2.05, 4.69) is 15.3 Å². The first kappa shape index (κ1) is 22.1. The second-order valence-electron chi connectivity index (χ2n) is 8.10. The summed E-state index contributed by atoms with van der Waals surface area (Å²) in [6, 6.07) is -1.49. The lowest BCUT2D eigenvalue weighted by Crippen LogP contribution is -2.58. The molecule has 2 atom stereocenters. The van der Waals surface area contributed by atoms with Gasteiger partial charge in [-0.2, -0.15) is 0 Å². The Morgan fingerprint density at radius 2 is 2.03 bits per heavy atom. The van der Waals surface area contributed by atoms with Crippen LogP contribution in [0.1, 0.15) is 19.5 Å². The third kappa shape index (κ3) is 3.06. The summed E-state index contributed by atoms with van der Waals surface area (Å²) in [6.07, 6.45) is 5.49. The van der Waals surface area contributed by atoms with Gasteiger partial charge in [0.25, 0.3) is 5.91 Å². The molecule has 0 aromatic carbocycles. The second kappa shape index (κ2) is 6.96. The first-order valence-electron chi connectivity index (χ1n) is 9.40. The molecule has 0 spiro atoms. The van der Waals surface area contributed by atoms with Crippen molar-refractivity contribution in [1.82, 2.24) is 29.4 Å². The standard InChI is InChI=1S/C17H20N6O7S2/c1-17(2)12(15(25)26)23-13(24)11(14(23)32(17,29)30)8-10-9-22(20-19-10)6-7-31(27,28)16-18-4-5-21(16)3/h4-5,8-9,12,14H,6-7H2,1-3H3,(H,25,26)/b11-8+/t12-,14+/m0/s1. The molecule has 1 amide bonds. The van der Waals surface area contributed by atoms with Crippen LogP contribution >= 0.6 is 0 Å². The van der Waals surface area contributed by atoms with Gasteiger partial charge in [-0.05, 0) is 19.9 Å². The van der Waals surface area contributed by atoms with Crippen molar-refractivity contribution >= 4 is 37.6 Å². The van der Waals surface area contributed by atoms with Gasteiger partial charge >= 0.3 is 5.97 Å². The van der Waals surface area contributed by atoms with Gasteiger partial charge in [-0.25, -0.2) is 26.6 Å². The number of carboxylic acid groups (broad SMARTS) is 1. The Balaban J connectivity index is 1.55. The molecule has 0 radical (unpaired) electrons. The summed E-state index contributed by atoms with van der Waals surface area (Å²) < 4.78 is 51.5. The molecule has 2 aromatic rings. The van der Waals surface area contributed by atoms with E-state index in [0.717, 1.165) is 4.90 Å². The average Bonchev–Trinajstić information content (AvgIpc) is 3.35. The van der Waals surface area contributed by atoms with E-state index in [1.54, 1.807) is 7.05 Å². The molecule has 0 saturated carbocycles. The molecule has 2 aliphatic rings. The Hall–Kier alpha value is -3.07. The minimum absolute atomic E-state index is 0.0404. The first-order chi connectivity index (χ1) is 14.8. The van der Waals surface area contributed by atoms with Crippen LogP contribution < -0.4 is 0 Å². The van der Waals surface area contributed by atoms with E-state index in [1.807, 2.05) is 0 Å². The van der Waals surface area contributed by atoms with Gasteiger partial charge in [0.1, 0.15) is 10.4 Å². The van der Waals surface area contributed by atoms with E-state index in [4.69, 9.17) is 0 Å². The largest absolute Gasteiger partial charge is 0.480 e. The highest BCUT2D eigenvalue weighted by molar-refractivity contribution is 7.94. The number of carboxylic acids is 1. The summed E-state index contributed by atoms with van der Waals surface area (Å²) in [5.41, 5.74) is 0.0451. The topological polar surface area (TPSA) is 174 Å². The van der Waals surface area contributed by atoms with Crippen molar-refractivity contribution in [3.63, 3.8) is 0 Å². The number of aryl methyl sites for hydroxylation is 2. The molecule has 1 N–H and O–H groups in total. The fourth-order valence-corrected chi connectivity index (χ4v) is 7.40. The lowest BCUT2D eigenvalue weighted by atomic mass is 9.95. The zero-order valence-electron chi connectivity index (χ0n) is 17.3.